The highest BCUT2D eigenvalue weighted by Crippen LogP contribution is 2.32. The van der Waals surface area contributed by atoms with E-state index < -0.39 is 0 Å². The lowest BCUT2D eigenvalue weighted by Gasteiger charge is -2.26. The first-order chi connectivity index (χ1) is 9.17. The molecule has 1 aromatic rings. The molecule has 0 unspecified atom stereocenters. The molecule has 0 saturated carbocycles. The number of aryl methyl sites for hydroxylation is 2. The molecule has 2 bridgehead atoms. The third-order valence-corrected chi connectivity index (χ3v) is 4.63. The molecule has 2 aliphatic heterocycles. The minimum absolute atomic E-state index is 0.100. The molecular formula is C16H22N2O. The molecule has 1 N–H and O–H groups in total. The summed E-state index contributed by atoms with van der Waals surface area (Å²) in [6.45, 7) is 5.47. The Kier molecular flexibility index (Phi) is 3.31. The van der Waals surface area contributed by atoms with Crippen LogP contribution in [0.2, 0.25) is 0 Å². The highest BCUT2D eigenvalue weighted by molar-refractivity contribution is 5.77. The van der Waals surface area contributed by atoms with E-state index in [1.165, 1.54) is 11.1 Å². The van der Waals surface area contributed by atoms with Crippen molar-refractivity contribution in [1.82, 2.24) is 10.2 Å². The summed E-state index contributed by atoms with van der Waals surface area (Å²) < 4.78 is 0. The average molecular weight is 258 g/mol. The number of rotatable bonds is 4. The van der Waals surface area contributed by atoms with Crippen LogP contribution in [0.25, 0.3) is 0 Å². The van der Waals surface area contributed by atoms with E-state index in [-0.39, 0.29) is 11.4 Å². The van der Waals surface area contributed by atoms with Crippen molar-refractivity contribution in [3.63, 3.8) is 0 Å². The minimum Gasteiger partial charge on any atom is -0.349 e. The van der Waals surface area contributed by atoms with Gasteiger partial charge in [0.1, 0.15) is 0 Å². The Morgan fingerprint density at radius 2 is 2.05 bits per heavy atom. The van der Waals surface area contributed by atoms with Crippen molar-refractivity contribution >= 4 is 5.91 Å². The maximum atomic E-state index is 12.1. The summed E-state index contributed by atoms with van der Waals surface area (Å²) in [6, 6.07) is 8.32. The summed E-state index contributed by atoms with van der Waals surface area (Å²) in [7, 11) is 0. The molecule has 0 atom stereocenters. The molecule has 3 nitrogen and oxygen atoms in total. The predicted molar refractivity (Wildman–Crippen MR) is 76.0 cm³/mol. The van der Waals surface area contributed by atoms with Crippen LogP contribution in [-0.2, 0) is 11.2 Å². The van der Waals surface area contributed by atoms with Crippen LogP contribution >= 0.6 is 0 Å². The number of carbonyl (C=O) groups excluding carboxylic acids is 1. The first kappa shape index (κ1) is 12.7. The summed E-state index contributed by atoms with van der Waals surface area (Å²) in [5.74, 6) is 0.215. The van der Waals surface area contributed by atoms with E-state index in [0.29, 0.717) is 6.42 Å². The minimum atomic E-state index is 0.100. The van der Waals surface area contributed by atoms with Crippen molar-refractivity contribution in [2.24, 2.45) is 0 Å². The van der Waals surface area contributed by atoms with Gasteiger partial charge in [-0.1, -0.05) is 24.3 Å². The second-order valence-corrected chi connectivity index (χ2v) is 6.03. The number of nitrogens with one attached hydrogen (secondary N) is 1. The van der Waals surface area contributed by atoms with Crippen molar-refractivity contribution in [2.75, 3.05) is 19.6 Å². The summed E-state index contributed by atoms with van der Waals surface area (Å²) in [5, 5.41) is 3.29. The topological polar surface area (TPSA) is 32.3 Å². The van der Waals surface area contributed by atoms with Crippen LogP contribution in [-0.4, -0.2) is 36.0 Å². The van der Waals surface area contributed by atoms with Gasteiger partial charge in [0.25, 0.3) is 0 Å². The van der Waals surface area contributed by atoms with Gasteiger partial charge in [0, 0.05) is 26.1 Å². The second-order valence-electron chi connectivity index (χ2n) is 6.03. The Balaban J connectivity index is 1.53. The molecule has 19 heavy (non-hydrogen) atoms. The van der Waals surface area contributed by atoms with E-state index in [1.807, 2.05) is 12.1 Å². The Morgan fingerprint density at radius 1 is 1.32 bits per heavy atom. The molecular weight excluding hydrogens is 236 g/mol. The molecule has 1 amide bonds. The Bertz CT molecular complexity index is 475. The molecule has 2 aliphatic rings. The number of hydrogen-bond donors (Lipinski definition) is 1. The number of carbonyl (C=O) groups is 1. The van der Waals surface area contributed by atoms with Gasteiger partial charge in [-0.15, -0.1) is 0 Å². The first-order valence-electron chi connectivity index (χ1n) is 7.25. The van der Waals surface area contributed by atoms with E-state index in [4.69, 9.17) is 0 Å². The Morgan fingerprint density at radius 3 is 2.68 bits per heavy atom. The Hall–Kier alpha value is -1.35. The van der Waals surface area contributed by atoms with Gasteiger partial charge in [0.15, 0.2) is 0 Å². The van der Waals surface area contributed by atoms with Crippen LogP contribution in [0.3, 0.4) is 0 Å². The van der Waals surface area contributed by atoms with Crippen LogP contribution in [0.5, 0.6) is 0 Å². The van der Waals surface area contributed by atoms with Gasteiger partial charge in [-0.05, 0) is 37.3 Å². The quantitative estimate of drug-likeness (QED) is 0.894. The fraction of sp³-hybridized carbons (Fsp3) is 0.562. The van der Waals surface area contributed by atoms with Crippen molar-refractivity contribution in [3.05, 3.63) is 35.4 Å². The zero-order valence-electron chi connectivity index (χ0n) is 11.6. The SMILES string of the molecule is Cc1ccccc1CCC(=O)NC12CCN(CC1)C2. The summed E-state index contributed by atoms with van der Waals surface area (Å²) in [6.07, 6.45) is 3.71. The number of hydrogen-bond acceptors (Lipinski definition) is 2. The molecule has 0 spiro atoms. The van der Waals surface area contributed by atoms with Crippen LogP contribution in [0.4, 0.5) is 0 Å². The van der Waals surface area contributed by atoms with Gasteiger partial charge in [-0.25, -0.2) is 0 Å². The highest BCUT2D eigenvalue weighted by Gasteiger charge is 2.44. The second kappa shape index (κ2) is 4.97. The fourth-order valence-electron chi connectivity index (χ4n) is 3.39. The van der Waals surface area contributed by atoms with Crippen molar-refractivity contribution in [2.45, 2.75) is 38.1 Å². The zero-order valence-corrected chi connectivity index (χ0v) is 11.6. The predicted octanol–water partition coefficient (Wildman–Crippen LogP) is 1.89. The number of fused-ring (bicyclic) bond motifs is 2. The smallest absolute Gasteiger partial charge is 0.220 e. The van der Waals surface area contributed by atoms with E-state index in [9.17, 15) is 4.79 Å². The van der Waals surface area contributed by atoms with E-state index >= 15 is 0 Å². The molecule has 3 rings (SSSR count). The van der Waals surface area contributed by atoms with Gasteiger partial charge in [0.2, 0.25) is 5.91 Å². The standard InChI is InChI=1S/C16H22N2O/c1-13-4-2-3-5-14(13)6-7-15(19)17-16-8-10-18(12-16)11-9-16/h2-5H,6-12H2,1H3,(H,17,19). The van der Waals surface area contributed by atoms with E-state index in [1.54, 1.807) is 0 Å². The maximum absolute atomic E-state index is 12.1. The summed E-state index contributed by atoms with van der Waals surface area (Å²) >= 11 is 0. The van der Waals surface area contributed by atoms with Gasteiger partial charge in [0.05, 0.1) is 5.54 Å². The van der Waals surface area contributed by atoms with Crippen LogP contribution < -0.4 is 5.32 Å². The maximum Gasteiger partial charge on any atom is 0.220 e. The van der Waals surface area contributed by atoms with Gasteiger partial charge in [-0.2, -0.15) is 0 Å². The lowest BCUT2D eigenvalue weighted by molar-refractivity contribution is -0.122. The van der Waals surface area contributed by atoms with Crippen molar-refractivity contribution < 1.29 is 4.79 Å². The number of amides is 1. The summed E-state index contributed by atoms with van der Waals surface area (Å²) in [5.41, 5.74) is 2.67. The molecule has 2 fully saturated rings. The molecule has 2 saturated heterocycles. The molecule has 0 aliphatic carbocycles. The molecule has 3 heteroatoms. The van der Waals surface area contributed by atoms with E-state index in [0.717, 1.165) is 38.9 Å². The van der Waals surface area contributed by atoms with Crippen molar-refractivity contribution in [3.8, 4) is 0 Å². The van der Waals surface area contributed by atoms with E-state index in [2.05, 4.69) is 29.3 Å². The van der Waals surface area contributed by atoms with Gasteiger partial charge in [-0.3, -0.25) is 4.79 Å². The Labute approximate surface area is 115 Å². The zero-order chi connectivity index (χ0) is 13.3. The van der Waals surface area contributed by atoms with Gasteiger partial charge >= 0.3 is 0 Å². The highest BCUT2D eigenvalue weighted by atomic mass is 16.1. The largest absolute Gasteiger partial charge is 0.349 e. The third-order valence-electron chi connectivity index (χ3n) is 4.63. The van der Waals surface area contributed by atoms with Gasteiger partial charge < -0.3 is 10.2 Å². The lowest BCUT2D eigenvalue weighted by Crippen LogP contribution is -2.47. The number of benzene rings is 1. The monoisotopic (exact) mass is 258 g/mol. The average Bonchev–Trinajstić information content (AvgIpc) is 2.97. The molecule has 102 valence electrons. The number of piperidine rings is 1. The van der Waals surface area contributed by atoms with Crippen molar-refractivity contribution in [1.29, 1.82) is 0 Å². The summed E-state index contributed by atoms with van der Waals surface area (Å²) in [4.78, 5) is 14.6. The fourth-order valence-corrected chi connectivity index (χ4v) is 3.39. The van der Waals surface area contributed by atoms with Crippen LogP contribution in [0.1, 0.15) is 30.4 Å². The van der Waals surface area contributed by atoms with Crippen LogP contribution in [0.15, 0.2) is 24.3 Å². The molecule has 0 radical (unpaired) electrons. The first-order valence-corrected chi connectivity index (χ1v) is 7.25. The lowest BCUT2D eigenvalue weighted by atomic mass is 9.94. The molecule has 0 aromatic heterocycles. The van der Waals surface area contributed by atoms with Crippen LogP contribution in [0, 0.1) is 6.92 Å². The molecule has 1 aromatic carbocycles. The molecule has 2 heterocycles. The third kappa shape index (κ3) is 2.66. The number of nitrogens with zero attached hydrogens (tertiary/aromatic N) is 1. The normalized spacial score (nSPS) is 28.6.